The zero-order chi connectivity index (χ0) is 24.1. The van der Waals surface area contributed by atoms with Gasteiger partial charge in [0.05, 0.1) is 5.56 Å². The normalized spacial score (nSPS) is 17.5. The molecule has 6 nitrogen and oxygen atoms in total. The van der Waals surface area contributed by atoms with Crippen molar-refractivity contribution in [2.75, 3.05) is 0 Å². The van der Waals surface area contributed by atoms with E-state index in [1.165, 1.54) is 18.3 Å². The third-order valence-corrected chi connectivity index (χ3v) is 5.79. The second kappa shape index (κ2) is 7.84. The van der Waals surface area contributed by atoms with Gasteiger partial charge in [0, 0.05) is 28.8 Å². The number of fused-ring (bicyclic) bond motifs is 1. The van der Waals surface area contributed by atoms with E-state index in [-0.39, 0.29) is 22.5 Å². The summed E-state index contributed by atoms with van der Waals surface area (Å²) in [5.41, 5.74) is -4.30. The predicted octanol–water partition coefficient (Wildman–Crippen LogP) is 4.63. The molecule has 1 aromatic heterocycles. The first-order valence-electron chi connectivity index (χ1n) is 9.38. The van der Waals surface area contributed by atoms with Crippen molar-refractivity contribution in [3.63, 3.8) is 0 Å². The zero-order valence-electron chi connectivity index (χ0n) is 16.7. The number of aliphatic imine (C=N–C) groups is 1. The average Bonchev–Trinajstić information content (AvgIpc) is 3.05. The number of carbonyl (C=O) groups is 1. The van der Waals surface area contributed by atoms with Crippen LogP contribution in [0.1, 0.15) is 27.8 Å². The number of benzene rings is 2. The fraction of sp³-hybridized carbons (Fsp3) is 0.136. The van der Waals surface area contributed by atoms with Crippen molar-refractivity contribution < 1.29 is 27.5 Å². The van der Waals surface area contributed by atoms with Gasteiger partial charge in [-0.3, -0.25) is 10.1 Å². The molecule has 1 unspecified atom stereocenters. The van der Waals surface area contributed by atoms with Crippen molar-refractivity contribution in [3.05, 3.63) is 103 Å². The quantitative estimate of drug-likeness (QED) is 0.480. The molecule has 170 valence electrons. The number of pyridine rings is 1. The van der Waals surface area contributed by atoms with Crippen molar-refractivity contribution in [1.29, 1.82) is 0 Å². The van der Waals surface area contributed by atoms with Gasteiger partial charge in [0.25, 0.3) is 5.56 Å². The summed E-state index contributed by atoms with van der Waals surface area (Å²) < 4.78 is 57.3. The summed E-state index contributed by atoms with van der Waals surface area (Å²) in [6.07, 6.45) is -5.30. The number of amidine groups is 1. The van der Waals surface area contributed by atoms with Crippen LogP contribution in [0.3, 0.4) is 0 Å². The van der Waals surface area contributed by atoms with Gasteiger partial charge in [-0.15, -0.1) is 0 Å². The van der Waals surface area contributed by atoms with Crippen molar-refractivity contribution in [3.8, 4) is 0 Å². The van der Waals surface area contributed by atoms with Crippen LogP contribution < -0.4 is 10.9 Å². The average molecular weight is 524 g/mol. The first-order valence-corrected chi connectivity index (χ1v) is 10.2. The highest BCUT2D eigenvalue weighted by Gasteiger charge is 2.47. The first-order chi connectivity index (χ1) is 15.4. The number of amides is 1. The van der Waals surface area contributed by atoms with Crippen molar-refractivity contribution in [2.45, 2.75) is 11.7 Å². The number of nitrogens with zero attached hydrogens (tertiary/aromatic N) is 2. The number of alkyl halides is 3. The van der Waals surface area contributed by atoms with E-state index in [1.807, 2.05) is 5.32 Å². The highest BCUT2D eigenvalue weighted by atomic mass is 79.9. The van der Waals surface area contributed by atoms with Gasteiger partial charge >= 0.3 is 12.3 Å². The maximum Gasteiger partial charge on any atom is 0.421 e. The van der Waals surface area contributed by atoms with Gasteiger partial charge in [0.15, 0.2) is 0 Å². The van der Waals surface area contributed by atoms with E-state index < -0.39 is 34.7 Å². The molecule has 0 saturated heterocycles. The highest BCUT2D eigenvalue weighted by Crippen LogP contribution is 2.47. The van der Waals surface area contributed by atoms with Gasteiger partial charge in [-0.2, -0.15) is 13.2 Å². The van der Waals surface area contributed by atoms with Crippen LogP contribution in [-0.2, 0) is 18.8 Å². The third kappa shape index (κ3) is 3.71. The van der Waals surface area contributed by atoms with E-state index in [9.17, 15) is 32.3 Å². The molecule has 1 amide bonds. The molecule has 11 heteroatoms. The zero-order valence-corrected chi connectivity index (χ0v) is 18.3. The lowest BCUT2D eigenvalue weighted by Crippen LogP contribution is -2.32. The molecule has 3 aromatic rings. The Labute approximate surface area is 192 Å². The van der Waals surface area contributed by atoms with Crippen LogP contribution in [0.25, 0.3) is 0 Å². The Hall–Kier alpha value is -3.47. The van der Waals surface area contributed by atoms with E-state index >= 15 is 0 Å². The number of aromatic nitrogens is 1. The number of aryl methyl sites for hydroxylation is 1. The van der Waals surface area contributed by atoms with Gasteiger partial charge < -0.3 is 9.67 Å². The van der Waals surface area contributed by atoms with Gasteiger partial charge in [-0.1, -0.05) is 40.2 Å². The minimum absolute atomic E-state index is 0.0935. The lowest BCUT2D eigenvalue weighted by atomic mass is 9.77. The predicted molar refractivity (Wildman–Crippen MR) is 115 cm³/mol. The topological polar surface area (TPSA) is 83.7 Å². The Balaban J connectivity index is 2.17. The summed E-state index contributed by atoms with van der Waals surface area (Å²) in [5, 5.41) is 11.3. The summed E-state index contributed by atoms with van der Waals surface area (Å²) >= 11 is 3.32. The maximum absolute atomic E-state index is 14.9. The number of nitrogens with one attached hydrogen (secondary N) is 1. The first kappa shape index (κ1) is 22.7. The highest BCUT2D eigenvalue weighted by molar-refractivity contribution is 9.10. The van der Waals surface area contributed by atoms with Crippen LogP contribution in [-0.4, -0.2) is 21.6 Å². The van der Waals surface area contributed by atoms with Crippen LogP contribution in [0.15, 0.2) is 69.0 Å². The lowest BCUT2D eigenvalue weighted by Gasteiger charge is -2.30. The Bertz CT molecular complexity index is 1380. The SMILES string of the molecule is Cn1cc(C2(c3cccc(Br)c3)N=C(NC(=O)O)c3c(F)cccc32)cc(C(F)(F)F)c1=O. The molecule has 2 aromatic carbocycles. The summed E-state index contributed by atoms with van der Waals surface area (Å²) in [4.78, 5) is 28.1. The fourth-order valence-electron chi connectivity index (χ4n) is 3.97. The molecule has 1 aliphatic heterocycles. The third-order valence-electron chi connectivity index (χ3n) is 5.29. The summed E-state index contributed by atoms with van der Waals surface area (Å²) in [6, 6.07) is 11.0. The standard InChI is InChI=1S/C22H14BrF4N3O3/c1-30-10-12(9-15(19(30)31)22(25,26)27)21(11-4-2-5-13(23)8-11)14-6-3-7-16(24)17(14)18(29-21)28-20(32)33/h2-10H,1H3,(H,28,29)(H,32,33). The molecule has 0 spiro atoms. The molecule has 0 radical (unpaired) electrons. The minimum Gasteiger partial charge on any atom is -0.465 e. The van der Waals surface area contributed by atoms with E-state index in [0.717, 1.165) is 17.7 Å². The molecule has 0 fully saturated rings. The van der Waals surface area contributed by atoms with Crippen molar-refractivity contribution in [2.24, 2.45) is 12.0 Å². The van der Waals surface area contributed by atoms with Crippen LogP contribution in [0, 0.1) is 5.82 Å². The number of rotatable bonds is 2. The largest absolute Gasteiger partial charge is 0.465 e. The summed E-state index contributed by atoms with van der Waals surface area (Å²) in [6.45, 7) is 0. The molecule has 33 heavy (non-hydrogen) atoms. The molecule has 2 heterocycles. The Kier molecular flexibility index (Phi) is 5.39. The Morgan fingerprint density at radius 1 is 1.15 bits per heavy atom. The number of halogens is 5. The number of carboxylic acid groups (broad SMARTS) is 1. The van der Waals surface area contributed by atoms with Crippen LogP contribution in [0.4, 0.5) is 22.4 Å². The monoisotopic (exact) mass is 523 g/mol. The molecule has 1 aliphatic rings. The molecular formula is C22H14BrF4N3O3. The summed E-state index contributed by atoms with van der Waals surface area (Å²) in [5.74, 6) is -1.17. The van der Waals surface area contributed by atoms with Crippen LogP contribution in [0.5, 0.6) is 0 Å². The second-order valence-corrected chi connectivity index (χ2v) is 8.25. The van der Waals surface area contributed by atoms with Gasteiger partial charge in [-0.05, 0) is 29.8 Å². The Morgan fingerprint density at radius 2 is 1.85 bits per heavy atom. The maximum atomic E-state index is 14.9. The molecule has 1 atom stereocenters. The molecule has 4 rings (SSSR count). The fourth-order valence-corrected chi connectivity index (χ4v) is 4.37. The molecule has 0 saturated carbocycles. The molecule has 2 N–H and O–H groups in total. The van der Waals surface area contributed by atoms with E-state index in [1.54, 1.807) is 24.3 Å². The van der Waals surface area contributed by atoms with Gasteiger partial charge in [-0.25, -0.2) is 14.2 Å². The second-order valence-electron chi connectivity index (χ2n) is 7.33. The Morgan fingerprint density at radius 3 is 2.48 bits per heavy atom. The van der Waals surface area contributed by atoms with E-state index in [2.05, 4.69) is 20.9 Å². The number of hydrogen-bond donors (Lipinski definition) is 2. The minimum atomic E-state index is -4.96. The van der Waals surface area contributed by atoms with E-state index in [4.69, 9.17) is 0 Å². The van der Waals surface area contributed by atoms with Gasteiger partial charge in [0.1, 0.15) is 22.8 Å². The molecule has 0 aliphatic carbocycles. The lowest BCUT2D eigenvalue weighted by molar-refractivity contribution is -0.139. The van der Waals surface area contributed by atoms with Crippen LogP contribution in [0.2, 0.25) is 0 Å². The van der Waals surface area contributed by atoms with Crippen LogP contribution >= 0.6 is 15.9 Å². The number of hydrogen-bond acceptors (Lipinski definition) is 3. The van der Waals surface area contributed by atoms with Gasteiger partial charge in [0.2, 0.25) is 0 Å². The van der Waals surface area contributed by atoms with Crippen molar-refractivity contribution >= 4 is 27.9 Å². The smallest absolute Gasteiger partial charge is 0.421 e. The van der Waals surface area contributed by atoms with Crippen molar-refractivity contribution in [1.82, 2.24) is 9.88 Å². The molecule has 0 bridgehead atoms. The molecular weight excluding hydrogens is 510 g/mol. The summed E-state index contributed by atoms with van der Waals surface area (Å²) in [7, 11) is 1.16. The van der Waals surface area contributed by atoms with E-state index in [0.29, 0.717) is 16.1 Å².